The van der Waals surface area contributed by atoms with Crippen LogP contribution in [-0.2, 0) is 0 Å². The number of nitrogens with zero attached hydrogens (tertiary/aromatic N) is 2. The summed E-state index contributed by atoms with van der Waals surface area (Å²) >= 11 is 8.76. The lowest BCUT2D eigenvalue weighted by molar-refractivity contribution is 0.476. The van der Waals surface area contributed by atoms with Gasteiger partial charge in [-0.1, -0.05) is 36.7 Å². The molecule has 0 saturated heterocycles. The highest BCUT2D eigenvalue weighted by Gasteiger charge is 2.24. The molecular formula is C15H19ClIN3. The average molecular weight is 404 g/mol. The first-order chi connectivity index (χ1) is 9.56. The van der Waals surface area contributed by atoms with Crippen LogP contribution in [0.5, 0.6) is 0 Å². The molecule has 20 heavy (non-hydrogen) atoms. The summed E-state index contributed by atoms with van der Waals surface area (Å²) in [5.41, 5.74) is 2.27. The number of benzene rings is 1. The fourth-order valence-corrected chi connectivity index (χ4v) is 3.24. The van der Waals surface area contributed by atoms with E-state index in [0.717, 1.165) is 12.2 Å². The van der Waals surface area contributed by atoms with E-state index in [4.69, 9.17) is 11.6 Å². The van der Waals surface area contributed by atoms with E-state index in [1.165, 1.54) is 9.13 Å². The van der Waals surface area contributed by atoms with Crippen LogP contribution >= 0.6 is 34.2 Å². The molecular weight excluding hydrogens is 385 g/mol. The lowest BCUT2D eigenvalue weighted by atomic mass is 10.0. The molecule has 1 atom stereocenters. The Morgan fingerprint density at radius 1 is 1.35 bits per heavy atom. The second-order valence-electron chi connectivity index (χ2n) is 4.93. The van der Waals surface area contributed by atoms with Crippen molar-refractivity contribution >= 4 is 34.2 Å². The molecule has 1 heterocycles. The van der Waals surface area contributed by atoms with Crippen molar-refractivity contribution in [1.29, 1.82) is 0 Å². The van der Waals surface area contributed by atoms with Crippen molar-refractivity contribution < 1.29 is 0 Å². The van der Waals surface area contributed by atoms with Crippen molar-refractivity contribution in [2.75, 3.05) is 6.54 Å². The van der Waals surface area contributed by atoms with E-state index >= 15 is 0 Å². The summed E-state index contributed by atoms with van der Waals surface area (Å²) in [6.07, 6.45) is 1.73. The Balaban J connectivity index is 2.55. The summed E-state index contributed by atoms with van der Waals surface area (Å²) < 4.78 is 3.22. The summed E-state index contributed by atoms with van der Waals surface area (Å²) in [5, 5.41) is 8.66. The van der Waals surface area contributed by atoms with Crippen LogP contribution in [0.1, 0.15) is 44.1 Å². The molecule has 2 rings (SSSR count). The van der Waals surface area contributed by atoms with Gasteiger partial charge in [-0.25, -0.2) is 0 Å². The summed E-state index contributed by atoms with van der Waals surface area (Å²) in [5.74, 6) is 0. The number of hydrogen-bond acceptors (Lipinski definition) is 2. The van der Waals surface area contributed by atoms with Crippen LogP contribution in [0.2, 0.25) is 5.02 Å². The Hall–Kier alpha value is -0.590. The van der Waals surface area contributed by atoms with E-state index in [-0.39, 0.29) is 12.1 Å². The lowest BCUT2D eigenvalue weighted by Crippen LogP contribution is -2.26. The third-order valence-electron chi connectivity index (χ3n) is 3.17. The summed E-state index contributed by atoms with van der Waals surface area (Å²) in [4.78, 5) is 0. The number of hydrogen-bond donors (Lipinski definition) is 1. The molecule has 0 radical (unpaired) electrons. The van der Waals surface area contributed by atoms with Crippen LogP contribution in [-0.4, -0.2) is 16.3 Å². The monoisotopic (exact) mass is 403 g/mol. The smallest absolute Gasteiger partial charge is 0.0837 e. The number of rotatable bonds is 5. The quantitative estimate of drug-likeness (QED) is 0.749. The lowest BCUT2D eigenvalue weighted by Gasteiger charge is -2.23. The van der Waals surface area contributed by atoms with E-state index in [1.807, 2.05) is 4.68 Å². The molecule has 3 nitrogen and oxygen atoms in total. The number of nitrogens with one attached hydrogen (secondary N) is 1. The largest absolute Gasteiger partial charge is 0.305 e. The molecule has 0 saturated carbocycles. The van der Waals surface area contributed by atoms with Crippen LogP contribution in [0.15, 0.2) is 30.5 Å². The molecule has 0 fully saturated rings. The van der Waals surface area contributed by atoms with Gasteiger partial charge in [0.25, 0.3) is 0 Å². The predicted octanol–water partition coefficient (Wildman–Crippen LogP) is 4.42. The number of aromatic nitrogens is 2. The van der Waals surface area contributed by atoms with Gasteiger partial charge in [0.1, 0.15) is 0 Å². The highest BCUT2D eigenvalue weighted by Crippen LogP contribution is 2.32. The maximum Gasteiger partial charge on any atom is 0.0837 e. The van der Waals surface area contributed by atoms with E-state index in [9.17, 15) is 0 Å². The van der Waals surface area contributed by atoms with Crippen LogP contribution in [0.4, 0.5) is 0 Å². The number of halogens is 2. The fourth-order valence-electron chi connectivity index (χ4n) is 2.30. The zero-order valence-electron chi connectivity index (χ0n) is 11.9. The minimum Gasteiger partial charge on any atom is -0.305 e. The van der Waals surface area contributed by atoms with Crippen molar-refractivity contribution in [2.45, 2.75) is 32.9 Å². The average Bonchev–Trinajstić information content (AvgIpc) is 2.79. The Morgan fingerprint density at radius 2 is 2.05 bits per heavy atom. The van der Waals surface area contributed by atoms with Gasteiger partial charge in [-0.2, -0.15) is 5.10 Å². The van der Waals surface area contributed by atoms with Gasteiger partial charge in [0.05, 0.1) is 23.0 Å². The topological polar surface area (TPSA) is 29.9 Å². The molecule has 1 unspecified atom stereocenters. The zero-order chi connectivity index (χ0) is 14.7. The van der Waals surface area contributed by atoms with Crippen molar-refractivity contribution in [2.24, 2.45) is 0 Å². The van der Waals surface area contributed by atoms with E-state index in [0.29, 0.717) is 5.02 Å². The summed E-state index contributed by atoms with van der Waals surface area (Å²) in [7, 11) is 0. The first kappa shape index (κ1) is 15.8. The van der Waals surface area contributed by atoms with Crippen molar-refractivity contribution in [3.05, 3.63) is 50.3 Å². The minimum atomic E-state index is 0.0606. The van der Waals surface area contributed by atoms with Gasteiger partial charge in [-0.3, -0.25) is 4.68 Å². The van der Waals surface area contributed by atoms with Crippen LogP contribution in [0.25, 0.3) is 0 Å². The second-order valence-corrected chi connectivity index (χ2v) is 6.50. The first-order valence-electron chi connectivity index (χ1n) is 6.77. The Kier molecular flexibility index (Phi) is 5.46. The van der Waals surface area contributed by atoms with Gasteiger partial charge in [-0.15, -0.1) is 0 Å². The second kappa shape index (κ2) is 6.91. The normalized spacial score (nSPS) is 12.9. The van der Waals surface area contributed by atoms with E-state index < -0.39 is 0 Å². The van der Waals surface area contributed by atoms with Gasteiger partial charge in [-0.05, 0) is 54.6 Å². The molecule has 0 aliphatic heterocycles. The molecule has 2 aromatic rings. The fraction of sp³-hybridized carbons (Fsp3) is 0.400. The molecule has 0 spiro atoms. The maximum absolute atomic E-state index is 6.40. The van der Waals surface area contributed by atoms with Gasteiger partial charge in [0, 0.05) is 9.61 Å². The van der Waals surface area contributed by atoms with Crippen LogP contribution in [0, 0.1) is 3.57 Å². The Morgan fingerprint density at radius 3 is 2.65 bits per heavy atom. The molecule has 1 N–H and O–H groups in total. The van der Waals surface area contributed by atoms with Gasteiger partial charge in [0.2, 0.25) is 0 Å². The van der Waals surface area contributed by atoms with Crippen LogP contribution < -0.4 is 5.32 Å². The van der Waals surface area contributed by atoms with E-state index in [1.54, 1.807) is 6.20 Å². The Labute approximate surface area is 138 Å². The maximum atomic E-state index is 6.40. The molecule has 1 aromatic carbocycles. The molecule has 0 bridgehead atoms. The van der Waals surface area contributed by atoms with Crippen molar-refractivity contribution in [3.8, 4) is 0 Å². The summed E-state index contributed by atoms with van der Waals surface area (Å²) in [6.45, 7) is 7.21. The van der Waals surface area contributed by atoms with Crippen molar-refractivity contribution in [3.63, 3.8) is 0 Å². The van der Waals surface area contributed by atoms with E-state index in [2.05, 4.69) is 78.0 Å². The predicted molar refractivity (Wildman–Crippen MR) is 92.3 cm³/mol. The first-order valence-corrected chi connectivity index (χ1v) is 8.22. The van der Waals surface area contributed by atoms with Crippen molar-refractivity contribution in [1.82, 2.24) is 15.1 Å². The zero-order valence-corrected chi connectivity index (χ0v) is 14.8. The highest BCUT2D eigenvalue weighted by molar-refractivity contribution is 14.1. The molecule has 1 aromatic heterocycles. The van der Waals surface area contributed by atoms with Crippen LogP contribution in [0.3, 0.4) is 0 Å². The molecule has 0 aliphatic rings. The minimum absolute atomic E-state index is 0.0606. The molecule has 108 valence electrons. The third-order valence-corrected chi connectivity index (χ3v) is 4.45. The third kappa shape index (κ3) is 3.18. The highest BCUT2D eigenvalue weighted by atomic mass is 127. The van der Waals surface area contributed by atoms with Gasteiger partial charge < -0.3 is 5.32 Å². The molecule has 0 amide bonds. The Bertz CT molecular complexity index is 580. The van der Waals surface area contributed by atoms with Gasteiger partial charge in [0.15, 0.2) is 0 Å². The summed E-state index contributed by atoms with van der Waals surface area (Å²) in [6, 6.07) is 8.71. The van der Waals surface area contributed by atoms with Gasteiger partial charge >= 0.3 is 0 Å². The SMILES string of the molecule is CCNC(c1ccccc1I)c1c(Cl)cnn1C(C)C. The standard InChI is InChI=1S/C15H19ClIN3/c1-4-18-14(11-7-5-6-8-13(11)17)15-12(16)9-19-20(15)10(2)3/h5-10,14,18H,4H2,1-3H3. The molecule has 0 aliphatic carbocycles. The molecule has 5 heteroatoms.